The quantitative estimate of drug-likeness (QED) is 0.739. The maximum Gasteiger partial charge on any atom is 0.240 e. The van der Waals surface area contributed by atoms with Crippen molar-refractivity contribution < 1.29 is 14.3 Å². The van der Waals surface area contributed by atoms with Crippen LogP contribution < -0.4 is 0 Å². The Morgan fingerprint density at radius 1 is 1.19 bits per heavy atom. The number of benzene rings is 1. The molecule has 4 rings (SSSR count). The van der Waals surface area contributed by atoms with Crippen molar-refractivity contribution in [3.63, 3.8) is 0 Å². The smallest absolute Gasteiger partial charge is 0.240 e. The zero-order valence-corrected chi connectivity index (χ0v) is 15.4. The molecule has 0 radical (unpaired) electrons. The number of tetrazole rings is 1. The van der Waals surface area contributed by atoms with Gasteiger partial charge in [-0.05, 0) is 41.7 Å². The van der Waals surface area contributed by atoms with E-state index in [-0.39, 0.29) is 24.8 Å². The molecule has 1 atom stereocenters. The number of rotatable bonds is 5. The first-order valence-electron chi connectivity index (χ1n) is 9.31. The summed E-state index contributed by atoms with van der Waals surface area (Å²) in [5, 5.41) is 11.9. The maximum atomic E-state index is 13.1. The van der Waals surface area contributed by atoms with Gasteiger partial charge in [-0.2, -0.15) is 0 Å². The second-order valence-electron chi connectivity index (χ2n) is 7.49. The standard InChI is InChI=1S/C19H23N5O3/c1-19(15-5-3-2-4-6-15)11-17(25)23(18(19)26)13-16-20-21-22-24(16)12-14-7-9-27-10-8-14/h2-6,14H,7-13H2,1H3. The van der Waals surface area contributed by atoms with E-state index in [1.54, 1.807) is 4.68 Å². The molecule has 2 amide bonds. The third-order valence-electron chi connectivity index (χ3n) is 5.61. The summed E-state index contributed by atoms with van der Waals surface area (Å²) in [4.78, 5) is 27.0. The van der Waals surface area contributed by atoms with Crippen molar-refractivity contribution in [3.05, 3.63) is 41.7 Å². The minimum Gasteiger partial charge on any atom is -0.381 e. The molecule has 1 unspecified atom stereocenters. The average molecular weight is 369 g/mol. The molecule has 3 heterocycles. The summed E-state index contributed by atoms with van der Waals surface area (Å²) >= 11 is 0. The molecule has 0 N–H and O–H groups in total. The molecule has 0 spiro atoms. The van der Waals surface area contributed by atoms with Crippen LogP contribution in [-0.4, -0.2) is 50.1 Å². The van der Waals surface area contributed by atoms with Gasteiger partial charge in [0.25, 0.3) is 0 Å². The fraction of sp³-hybridized carbons (Fsp3) is 0.526. The molecule has 2 fully saturated rings. The molecule has 0 saturated carbocycles. The van der Waals surface area contributed by atoms with Gasteiger partial charge in [0.1, 0.15) is 0 Å². The number of hydrogen-bond donors (Lipinski definition) is 0. The summed E-state index contributed by atoms with van der Waals surface area (Å²) in [5.41, 5.74) is 0.0183. The molecule has 8 heteroatoms. The largest absolute Gasteiger partial charge is 0.381 e. The van der Waals surface area contributed by atoms with Gasteiger partial charge in [0.2, 0.25) is 11.8 Å². The summed E-state index contributed by atoms with van der Waals surface area (Å²) < 4.78 is 7.11. The van der Waals surface area contributed by atoms with Crippen molar-refractivity contribution in [2.45, 2.75) is 44.7 Å². The zero-order chi connectivity index (χ0) is 18.9. The SMILES string of the molecule is CC1(c2ccccc2)CC(=O)N(Cc2nnnn2CC2CCOCC2)C1=O. The van der Waals surface area contributed by atoms with Gasteiger partial charge in [-0.1, -0.05) is 30.3 Å². The predicted molar refractivity (Wildman–Crippen MR) is 95.3 cm³/mol. The summed E-state index contributed by atoms with van der Waals surface area (Å²) in [6.07, 6.45) is 2.09. The number of aromatic nitrogens is 4. The lowest BCUT2D eigenvalue weighted by molar-refractivity contribution is -0.140. The molecule has 1 aromatic heterocycles. The minimum atomic E-state index is -0.836. The normalized spacial score (nSPS) is 24.0. The number of imide groups is 1. The van der Waals surface area contributed by atoms with E-state index >= 15 is 0 Å². The first-order chi connectivity index (χ1) is 13.1. The van der Waals surface area contributed by atoms with Crippen LogP contribution >= 0.6 is 0 Å². The molecule has 0 bridgehead atoms. The lowest BCUT2D eigenvalue weighted by Crippen LogP contribution is -2.37. The third kappa shape index (κ3) is 3.37. The highest BCUT2D eigenvalue weighted by Gasteiger charge is 2.49. The van der Waals surface area contributed by atoms with E-state index in [0.717, 1.165) is 31.6 Å². The fourth-order valence-corrected chi connectivity index (χ4v) is 3.87. The van der Waals surface area contributed by atoms with Gasteiger partial charge in [0.15, 0.2) is 5.82 Å². The Balaban J connectivity index is 1.51. The lowest BCUT2D eigenvalue weighted by atomic mass is 9.81. The van der Waals surface area contributed by atoms with Crippen LogP contribution in [0, 0.1) is 5.92 Å². The van der Waals surface area contributed by atoms with Gasteiger partial charge in [-0.3, -0.25) is 14.5 Å². The number of ether oxygens (including phenoxy) is 1. The van der Waals surface area contributed by atoms with Crippen LogP contribution in [-0.2, 0) is 32.8 Å². The second-order valence-corrected chi connectivity index (χ2v) is 7.49. The Kier molecular flexibility index (Phi) is 4.73. The molecule has 142 valence electrons. The predicted octanol–water partition coefficient (Wildman–Crippen LogP) is 1.32. The number of hydrogen-bond acceptors (Lipinski definition) is 6. The Morgan fingerprint density at radius 3 is 2.67 bits per heavy atom. The molecular weight excluding hydrogens is 346 g/mol. The van der Waals surface area contributed by atoms with Crippen molar-refractivity contribution >= 4 is 11.8 Å². The number of nitrogens with zero attached hydrogens (tertiary/aromatic N) is 5. The zero-order valence-electron chi connectivity index (χ0n) is 15.4. The van der Waals surface area contributed by atoms with Crippen molar-refractivity contribution in [2.24, 2.45) is 5.92 Å². The number of carbonyl (C=O) groups is 2. The van der Waals surface area contributed by atoms with Crippen molar-refractivity contribution in [2.75, 3.05) is 13.2 Å². The number of carbonyl (C=O) groups excluding carboxylic acids is 2. The molecule has 2 saturated heterocycles. The monoisotopic (exact) mass is 369 g/mol. The minimum absolute atomic E-state index is 0.107. The van der Waals surface area contributed by atoms with Gasteiger partial charge >= 0.3 is 0 Å². The Bertz CT molecular complexity index is 831. The van der Waals surface area contributed by atoms with Gasteiger partial charge in [-0.25, -0.2) is 4.68 Å². The Labute approximate surface area is 157 Å². The van der Waals surface area contributed by atoms with Crippen molar-refractivity contribution in [1.82, 2.24) is 25.1 Å². The van der Waals surface area contributed by atoms with E-state index in [9.17, 15) is 9.59 Å². The molecular formula is C19H23N5O3. The van der Waals surface area contributed by atoms with Gasteiger partial charge in [-0.15, -0.1) is 5.10 Å². The van der Waals surface area contributed by atoms with Crippen LogP contribution in [0.25, 0.3) is 0 Å². The van der Waals surface area contributed by atoms with Crippen LogP contribution in [0.5, 0.6) is 0 Å². The first kappa shape index (κ1) is 17.8. The summed E-state index contributed by atoms with van der Waals surface area (Å²) in [6.45, 7) is 4.11. The van der Waals surface area contributed by atoms with Crippen LogP contribution in [0.1, 0.15) is 37.6 Å². The molecule has 1 aromatic carbocycles. The number of amides is 2. The highest BCUT2D eigenvalue weighted by molar-refractivity contribution is 6.08. The second kappa shape index (κ2) is 7.19. The van der Waals surface area contributed by atoms with Crippen molar-refractivity contribution in [3.8, 4) is 0 Å². The van der Waals surface area contributed by atoms with Gasteiger partial charge < -0.3 is 4.74 Å². The molecule has 2 aliphatic rings. The van der Waals surface area contributed by atoms with Gasteiger partial charge in [0.05, 0.1) is 12.0 Å². The van der Waals surface area contributed by atoms with E-state index in [0.29, 0.717) is 18.3 Å². The third-order valence-corrected chi connectivity index (χ3v) is 5.61. The molecule has 8 nitrogen and oxygen atoms in total. The van der Waals surface area contributed by atoms with Crippen LogP contribution in [0.2, 0.25) is 0 Å². The van der Waals surface area contributed by atoms with Crippen LogP contribution in [0.4, 0.5) is 0 Å². The summed E-state index contributed by atoms with van der Waals surface area (Å²) in [5.74, 6) is 0.604. The van der Waals surface area contributed by atoms with E-state index in [2.05, 4.69) is 15.5 Å². The highest BCUT2D eigenvalue weighted by atomic mass is 16.5. The van der Waals surface area contributed by atoms with E-state index in [1.165, 1.54) is 4.90 Å². The summed E-state index contributed by atoms with van der Waals surface area (Å²) in [7, 11) is 0. The average Bonchev–Trinajstić information content (AvgIpc) is 3.21. The van der Waals surface area contributed by atoms with E-state index in [4.69, 9.17) is 4.74 Å². The Morgan fingerprint density at radius 2 is 1.93 bits per heavy atom. The highest BCUT2D eigenvalue weighted by Crippen LogP contribution is 2.36. The van der Waals surface area contributed by atoms with E-state index in [1.807, 2.05) is 37.3 Å². The lowest BCUT2D eigenvalue weighted by Gasteiger charge is -2.23. The van der Waals surface area contributed by atoms with Crippen LogP contribution in [0.15, 0.2) is 30.3 Å². The Hall–Kier alpha value is -2.61. The first-order valence-corrected chi connectivity index (χ1v) is 9.31. The molecule has 0 aliphatic carbocycles. The maximum absolute atomic E-state index is 13.1. The fourth-order valence-electron chi connectivity index (χ4n) is 3.87. The number of likely N-dealkylation sites (tertiary alicyclic amines) is 1. The molecule has 2 aromatic rings. The van der Waals surface area contributed by atoms with Crippen LogP contribution in [0.3, 0.4) is 0 Å². The topological polar surface area (TPSA) is 90.2 Å². The van der Waals surface area contributed by atoms with Crippen molar-refractivity contribution in [1.29, 1.82) is 0 Å². The molecule has 2 aliphatic heterocycles. The van der Waals surface area contributed by atoms with E-state index < -0.39 is 5.41 Å². The summed E-state index contributed by atoms with van der Waals surface area (Å²) in [6, 6.07) is 9.45. The van der Waals surface area contributed by atoms with Gasteiger partial charge in [0, 0.05) is 26.2 Å². The molecule has 27 heavy (non-hydrogen) atoms.